The van der Waals surface area contributed by atoms with E-state index in [0.29, 0.717) is 0 Å². The van der Waals surface area contributed by atoms with E-state index in [2.05, 4.69) is 4.74 Å². The second-order valence-corrected chi connectivity index (χ2v) is 4.26. The molecule has 0 radical (unpaired) electrons. The van der Waals surface area contributed by atoms with Crippen LogP contribution in [0.3, 0.4) is 0 Å². The quantitative estimate of drug-likeness (QED) is 0.428. The number of nitro benzene ring substituents is 2. The molecule has 0 aromatic heterocycles. The van der Waals surface area contributed by atoms with Crippen molar-refractivity contribution < 1.29 is 29.2 Å². The third-order valence-corrected chi connectivity index (χ3v) is 2.54. The van der Waals surface area contributed by atoms with Crippen LogP contribution in [-0.4, -0.2) is 40.2 Å². The predicted octanol–water partition coefficient (Wildman–Crippen LogP) is 1.20. The maximum Gasteiger partial charge on any atom is 0.317 e. The van der Waals surface area contributed by atoms with Crippen molar-refractivity contribution in [1.82, 2.24) is 0 Å². The van der Waals surface area contributed by atoms with Gasteiger partial charge in [-0.15, -0.1) is 0 Å². The van der Waals surface area contributed by atoms with Crippen LogP contribution in [0.4, 0.5) is 11.4 Å². The zero-order valence-corrected chi connectivity index (χ0v) is 11.6. The molecule has 0 heterocycles. The molecule has 0 bridgehead atoms. The van der Waals surface area contributed by atoms with Crippen molar-refractivity contribution >= 4 is 17.3 Å². The van der Waals surface area contributed by atoms with E-state index in [1.165, 1.54) is 6.92 Å². The van der Waals surface area contributed by atoms with Crippen molar-refractivity contribution in [2.24, 2.45) is 0 Å². The number of esters is 1. The number of carbonyl (C=O) groups is 1. The lowest BCUT2D eigenvalue weighted by Crippen LogP contribution is -2.20. The first-order valence-corrected chi connectivity index (χ1v) is 6.18. The molecular weight excluding hydrogens is 300 g/mol. The topological polar surface area (TPSA) is 142 Å². The number of nitrogens with zero attached hydrogens (tertiary/aromatic N) is 2. The van der Waals surface area contributed by atoms with Gasteiger partial charge in [0.1, 0.15) is 6.61 Å². The molecule has 0 aliphatic carbocycles. The molecule has 1 rings (SSSR count). The van der Waals surface area contributed by atoms with E-state index >= 15 is 0 Å². The molecule has 1 aromatic rings. The number of rotatable bonds is 8. The summed E-state index contributed by atoms with van der Waals surface area (Å²) in [6, 6.07) is 3.00. The molecule has 1 unspecified atom stereocenters. The summed E-state index contributed by atoms with van der Waals surface area (Å²) in [6.07, 6.45) is -0.900. The molecule has 0 aliphatic rings. The van der Waals surface area contributed by atoms with Gasteiger partial charge in [-0.25, -0.2) is 0 Å². The molecule has 22 heavy (non-hydrogen) atoms. The van der Waals surface area contributed by atoms with Crippen molar-refractivity contribution in [2.45, 2.75) is 19.4 Å². The van der Waals surface area contributed by atoms with Crippen molar-refractivity contribution in [3.8, 4) is 5.75 Å². The average molecular weight is 314 g/mol. The largest absolute Gasteiger partial charge is 0.487 e. The maximum absolute atomic E-state index is 10.9. The first-order valence-electron chi connectivity index (χ1n) is 6.18. The summed E-state index contributed by atoms with van der Waals surface area (Å²) < 4.78 is 9.73. The first-order chi connectivity index (χ1) is 10.3. The minimum absolute atomic E-state index is 0.0709. The Morgan fingerprint density at radius 3 is 2.55 bits per heavy atom. The van der Waals surface area contributed by atoms with Crippen LogP contribution in [0.1, 0.15) is 13.3 Å². The van der Waals surface area contributed by atoms with Crippen LogP contribution in [-0.2, 0) is 9.53 Å². The summed E-state index contributed by atoms with van der Waals surface area (Å²) in [6.45, 7) is 0.908. The molecule has 10 heteroatoms. The molecule has 1 aromatic carbocycles. The van der Waals surface area contributed by atoms with E-state index in [0.717, 1.165) is 18.2 Å². The molecule has 1 N–H and O–H groups in total. The lowest BCUT2D eigenvalue weighted by Gasteiger charge is -2.11. The van der Waals surface area contributed by atoms with Gasteiger partial charge in [0.15, 0.2) is 5.75 Å². The van der Waals surface area contributed by atoms with Crippen molar-refractivity contribution in [2.75, 3.05) is 13.2 Å². The Hall–Kier alpha value is -2.75. The fraction of sp³-hybridized carbons (Fsp3) is 0.417. The molecule has 0 fully saturated rings. The van der Waals surface area contributed by atoms with Gasteiger partial charge in [-0.05, 0) is 6.07 Å². The summed E-state index contributed by atoms with van der Waals surface area (Å²) in [5.41, 5.74) is -0.961. The van der Waals surface area contributed by atoms with Crippen molar-refractivity contribution in [3.05, 3.63) is 38.4 Å². The number of aliphatic hydroxyl groups excluding tert-OH is 1. The molecule has 0 spiro atoms. The predicted molar refractivity (Wildman–Crippen MR) is 72.5 cm³/mol. The lowest BCUT2D eigenvalue weighted by atomic mass is 10.2. The molecule has 0 amide bonds. The molecule has 120 valence electrons. The minimum atomic E-state index is -0.971. The summed E-state index contributed by atoms with van der Waals surface area (Å²) >= 11 is 0. The van der Waals surface area contributed by atoms with Crippen LogP contribution >= 0.6 is 0 Å². The van der Waals surface area contributed by atoms with Crippen LogP contribution in [0.2, 0.25) is 0 Å². The Morgan fingerprint density at radius 1 is 1.32 bits per heavy atom. The molecule has 0 saturated heterocycles. The highest BCUT2D eigenvalue weighted by Crippen LogP contribution is 2.31. The van der Waals surface area contributed by atoms with Crippen LogP contribution in [0.5, 0.6) is 5.75 Å². The van der Waals surface area contributed by atoms with Gasteiger partial charge in [0.05, 0.1) is 28.6 Å². The number of hydrogen-bond acceptors (Lipinski definition) is 8. The zero-order valence-electron chi connectivity index (χ0n) is 11.6. The smallest absolute Gasteiger partial charge is 0.317 e. The molecule has 0 saturated carbocycles. The number of nitro groups is 2. The van der Waals surface area contributed by atoms with E-state index in [1.54, 1.807) is 0 Å². The summed E-state index contributed by atoms with van der Waals surface area (Å²) in [4.78, 5) is 30.5. The Bertz CT molecular complexity index is 574. The fourth-order valence-corrected chi connectivity index (χ4v) is 1.49. The average Bonchev–Trinajstić information content (AvgIpc) is 2.44. The highest BCUT2D eigenvalue weighted by Gasteiger charge is 2.20. The van der Waals surface area contributed by atoms with Crippen LogP contribution in [0, 0.1) is 20.2 Å². The van der Waals surface area contributed by atoms with Gasteiger partial charge < -0.3 is 14.6 Å². The summed E-state index contributed by atoms with van der Waals surface area (Å²) in [5.74, 6) is -0.679. The van der Waals surface area contributed by atoms with E-state index in [4.69, 9.17) is 4.74 Å². The van der Waals surface area contributed by atoms with Crippen LogP contribution < -0.4 is 4.74 Å². The van der Waals surface area contributed by atoms with Gasteiger partial charge in [-0.3, -0.25) is 25.0 Å². The molecule has 1 atom stereocenters. The number of carbonyl (C=O) groups excluding carboxylic acids is 1. The number of benzene rings is 1. The standard InChI is InChI=1S/C12H14N2O8/c1-8(15)22-7-10(16)4-5-21-12-3-2-9(13(17)18)6-11(12)14(19)20/h2-3,6,10,16H,4-5,7H2,1H3. The Labute approximate surface area is 124 Å². The van der Waals surface area contributed by atoms with Gasteiger partial charge in [-0.2, -0.15) is 0 Å². The third kappa shape index (κ3) is 5.32. The van der Waals surface area contributed by atoms with Gasteiger partial charge in [-0.1, -0.05) is 0 Å². The van der Waals surface area contributed by atoms with Crippen LogP contribution in [0.15, 0.2) is 18.2 Å². The van der Waals surface area contributed by atoms with E-state index in [1.807, 2.05) is 0 Å². The normalized spacial score (nSPS) is 11.5. The molecule has 10 nitrogen and oxygen atoms in total. The summed E-state index contributed by atoms with van der Waals surface area (Å²) in [7, 11) is 0. The number of ether oxygens (including phenoxy) is 2. The summed E-state index contributed by atoms with van der Waals surface area (Å²) in [5, 5.41) is 30.9. The van der Waals surface area contributed by atoms with E-state index in [9.17, 15) is 30.1 Å². The van der Waals surface area contributed by atoms with Crippen molar-refractivity contribution in [3.63, 3.8) is 0 Å². The molecule has 0 aliphatic heterocycles. The van der Waals surface area contributed by atoms with Gasteiger partial charge in [0.25, 0.3) is 5.69 Å². The van der Waals surface area contributed by atoms with E-state index < -0.39 is 33.3 Å². The SMILES string of the molecule is CC(=O)OCC(O)CCOc1ccc([N+](=O)[O-])cc1[N+](=O)[O-]. The van der Waals surface area contributed by atoms with Gasteiger partial charge in [0, 0.05) is 19.4 Å². The first kappa shape index (κ1) is 17.3. The van der Waals surface area contributed by atoms with Gasteiger partial charge in [0.2, 0.25) is 0 Å². The van der Waals surface area contributed by atoms with Crippen molar-refractivity contribution in [1.29, 1.82) is 0 Å². The van der Waals surface area contributed by atoms with Gasteiger partial charge >= 0.3 is 11.7 Å². The fourth-order valence-electron chi connectivity index (χ4n) is 1.49. The third-order valence-electron chi connectivity index (χ3n) is 2.54. The Morgan fingerprint density at radius 2 is 2.00 bits per heavy atom. The Balaban J connectivity index is 2.63. The minimum Gasteiger partial charge on any atom is -0.487 e. The second kappa shape index (κ2) is 7.88. The number of aliphatic hydroxyl groups is 1. The van der Waals surface area contributed by atoms with Crippen LogP contribution in [0.25, 0.3) is 0 Å². The van der Waals surface area contributed by atoms with E-state index in [-0.39, 0.29) is 25.4 Å². The zero-order chi connectivity index (χ0) is 16.7. The maximum atomic E-state index is 10.9. The number of hydrogen-bond donors (Lipinski definition) is 1. The Kier molecular flexibility index (Phi) is 6.20. The second-order valence-electron chi connectivity index (χ2n) is 4.26. The number of non-ortho nitro benzene ring substituents is 1. The highest BCUT2D eigenvalue weighted by atomic mass is 16.6. The highest BCUT2D eigenvalue weighted by molar-refractivity contribution is 5.65. The monoisotopic (exact) mass is 314 g/mol. The molecular formula is C12H14N2O8. The lowest BCUT2D eigenvalue weighted by molar-refractivity contribution is -0.394.